The fourth-order valence-corrected chi connectivity index (χ4v) is 4.79. The minimum absolute atomic E-state index is 0.290. The Bertz CT molecular complexity index is 929. The van der Waals surface area contributed by atoms with Crippen LogP contribution in [0.25, 0.3) is 0 Å². The van der Waals surface area contributed by atoms with Crippen molar-refractivity contribution in [3.05, 3.63) is 66.7 Å². The Kier molecular flexibility index (Phi) is 6.84. The number of anilines is 1. The van der Waals surface area contributed by atoms with Crippen LogP contribution in [0, 0.1) is 0 Å². The van der Waals surface area contributed by atoms with Crippen LogP contribution in [-0.4, -0.2) is 50.3 Å². The number of benzene rings is 2. The van der Waals surface area contributed by atoms with Gasteiger partial charge < -0.3 is 9.47 Å². The molecule has 3 atom stereocenters. The van der Waals surface area contributed by atoms with Crippen LogP contribution in [0.5, 0.6) is 5.75 Å². The van der Waals surface area contributed by atoms with Crippen LogP contribution in [0.2, 0.25) is 0 Å². The molecule has 0 bridgehead atoms. The number of hydrogen-bond acceptors (Lipinski definition) is 6. The molecule has 0 aromatic heterocycles. The van der Waals surface area contributed by atoms with Gasteiger partial charge >= 0.3 is 5.97 Å². The number of carbonyl (C=O) groups is 2. The molecule has 1 aliphatic rings. The van der Waals surface area contributed by atoms with E-state index in [1.807, 2.05) is 67.5 Å². The van der Waals surface area contributed by atoms with E-state index in [0.717, 1.165) is 16.1 Å². The third-order valence-electron chi connectivity index (χ3n) is 4.88. The van der Waals surface area contributed by atoms with Crippen molar-refractivity contribution in [2.24, 2.45) is 0 Å². The Hall–Kier alpha value is -2.77. The molecule has 0 radical (unpaired) electrons. The molecule has 0 fully saturated rings. The van der Waals surface area contributed by atoms with E-state index in [0.29, 0.717) is 5.75 Å². The molecule has 30 heavy (non-hydrogen) atoms. The second-order valence-corrected chi connectivity index (χ2v) is 8.31. The third-order valence-corrected chi connectivity index (χ3v) is 6.25. The average molecular weight is 427 g/mol. The first kappa shape index (κ1) is 21.9. The van der Waals surface area contributed by atoms with E-state index in [1.165, 1.54) is 18.7 Å². The molecule has 1 heterocycles. The van der Waals surface area contributed by atoms with Gasteiger partial charge in [0.1, 0.15) is 11.9 Å². The van der Waals surface area contributed by atoms with Crippen molar-refractivity contribution in [2.45, 2.75) is 29.3 Å². The quantitative estimate of drug-likeness (QED) is 0.516. The lowest BCUT2D eigenvalue weighted by atomic mass is 10.0. The molecular formula is C23H26N2O4S. The van der Waals surface area contributed by atoms with Crippen molar-refractivity contribution in [3.63, 3.8) is 0 Å². The van der Waals surface area contributed by atoms with E-state index in [4.69, 9.17) is 9.47 Å². The standard InChI is InChI=1S/C23H26N2O4S/c1-6-20(24(3)4)25-18-9-7-8-10-19(18)30-22(21(23(25)27)29-15(2)26)16-11-13-17(28-5)14-12-16/h6-14,20-22H,1H2,2-5H3/t20?,21-,22+/m0/s1. The molecule has 2 aromatic carbocycles. The Balaban J connectivity index is 2.16. The van der Waals surface area contributed by atoms with Gasteiger partial charge in [-0.25, -0.2) is 0 Å². The number of amides is 1. The second kappa shape index (κ2) is 9.36. The smallest absolute Gasteiger partial charge is 0.303 e. The molecule has 0 saturated carbocycles. The van der Waals surface area contributed by atoms with Crippen molar-refractivity contribution in [1.29, 1.82) is 0 Å². The predicted molar refractivity (Wildman–Crippen MR) is 119 cm³/mol. The summed E-state index contributed by atoms with van der Waals surface area (Å²) in [6.07, 6.45) is 0.320. The lowest BCUT2D eigenvalue weighted by molar-refractivity contribution is -0.153. The van der Waals surface area contributed by atoms with Gasteiger partial charge in [-0.3, -0.25) is 19.4 Å². The van der Waals surface area contributed by atoms with E-state index in [9.17, 15) is 9.59 Å². The number of methoxy groups -OCH3 is 1. The van der Waals surface area contributed by atoms with Gasteiger partial charge in [0, 0.05) is 11.8 Å². The Labute approximate surface area is 181 Å². The van der Waals surface area contributed by atoms with Crippen molar-refractivity contribution in [2.75, 3.05) is 26.1 Å². The fraction of sp³-hybridized carbons (Fsp3) is 0.304. The van der Waals surface area contributed by atoms with E-state index >= 15 is 0 Å². The van der Waals surface area contributed by atoms with Gasteiger partial charge in [-0.1, -0.05) is 36.9 Å². The summed E-state index contributed by atoms with van der Waals surface area (Å²) in [5.41, 5.74) is 1.64. The summed E-state index contributed by atoms with van der Waals surface area (Å²) >= 11 is 1.51. The lowest BCUT2D eigenvalue weighted by Crippen LogP contribution is -2.52. The van der Waals surface area contributed by atoms with Gasteiger partial charge in [0.2, 0.25) is 0 Å². The zero-order chi connectivity index (χ0) is 21.8. The zero-order valence-corrected chi connectivity index (χ0v) is 18.4. The fourth-order valence-electron chi connectivity index (χ4n) is 3.49. The van der Waals surface area contributed by atoms with Crippen LogP contribution in [-0.2, 0) is 14.3 Å². The number of ether oxygens (including phenoxy) is 2. The van der Waals surface area contributed by atoms with E-state index in [-0.39, 0.29) is 5.91 Å². The second-order valence-electron chi connectivity index (χ2n) is 7.13. The largest absolute Gasteiger partial charge is 0.497 e. The van der Waals surface area contributed by atoms with E-state index < -0.39 is 23.5 Å². The molecule has 3 rings (SSSR count). The molecule has 7 heteroatoms. The van der Waals surface area contributed by atoms with Gasteiger partial charge in [-0.2, -0.15) is 0 Å². The Morgan fingerprint density at radius 2 is 1.87 bits per heavy atom. The molecule has 1 amide bonds. The number of esters is 1. The first-order valence-electron chi connectivity index (χ1n) is 9.56. The number of para-hydroxylation sites is 1. The molecule has 0 saturated heterocycles. The van der Waals surface area contributed by atoms with Crippen molar-refractivity contribution >= 4 is 29.3 Å². The minimum Gasteiger partial charge on any atom is -0.497 e. The normalized spacial score (nSPS) is 19.6. The predicted octanol–water partition coefficient (Wildman–Crippen LogP) is 3.88. The highest BCUT2D eigenvalue weighted by Gasteiger charge is 2.43. The molecule has 1 unspecified atom stereocenters. The Morgan fingerprint density at radius 3 is 2.43 bits per heavy atom. The number of hydrogen-bond donors (Lipinski definition) is 0. The van der Waals surface area contributed by atoms with Crippen LogP contribution in [0.1, 0.15) is 17.7 Å². The summed E-state index contributed by atoms with van der Waals surface area (Å²) < 4.78 is 10.9. The first-order valence-corrected chi connectivity index (χ1v) is 10.4. The maximum atomic E-state index is 13.8. The molecule has 6 nitrogen and oxygen atoms in total. The lowest BCUT2D eigenvalue weighted by Gasteiger charge is -2.35. The summed E-state index contributed by atoms with van der Waals surface area (Å²) in [6, 6.07) is 15.2. The molecule has 0 aliphatic carbocycles. The van der Waals surface area contributed by atoms with Gasteiger partial charge in [0.15, 0.2) is 6.10 Å². The highest BCUT2D eigenvalue weighted by Crippen LogP contribution is 2.47. The van der Waals surface area contributed by atoms with Gasteiger partial charge in [-0.15, -0.1) is 11.8 Å². The minimum atomic E-state index is -0.990. The number of fused-ring (bicyclic) bond motifs is 1. The molecule has 1 aliphatic heterocycles. The molecule has 0 spiro atoms. The Morgan fingerprint density at radius 1 is 1.20 bits per heavy atom. The van der Waals surface area contributed by atoms with Crippen molar-refractivity contribution in [3.8, 4) is 5.75 Å². The summed E-state index contributed by atoms with van der Waals surface area (Å²) in [4.78, 5) is 30.2. The van der Waals surface area contributed by atoms with Crippen LogP contribution >= 0.6 is 11.8 Å². The SMILES string of the molecule is C=CC(N(C)C)N1C(=O)[C@@H](OC(C)=O)[C@@H](c2ccc(OC)cc2)Sc2ccccc21. The van der Waals surface area contributed by atoms with Crippen LogP contribution in [0.3, 0.4) is 0 Å². The van der Waals surface area contributed by atoms with E-state index in [1.54, 1.807) is 18.1 Å². The third kappa shape index (κ3) is 4.37. The topological polar surface area (TPSA) is 59.1 Å². The first-order chi connectivity index (χ1) is 14.4. The number of rotatable bonds is 6. The maximum absolute atomic E-state index is 13.8. The van der Waals surface area contributed by atoms with Crippen molar-refractivity contribution < 1.29 is 19.1 Å². The number of nitrogens with zero attached hydrogens (tertiary/aromatic N) is 2. The number of carbonyl (C=O) groups excluding carboxylic acids is 2. The van der Waals surface area contributed by atoms with Gasteiger partial charge in [0.25, 0.3) is 5.91 Å². The zero-order valence-electron chi connectivity index (χ0n) is 17.6. The molecule has 158 valence electrons. The molecular weight excluding hydrogens is 400 g/mol. The van der Waals surface area contributed by atoms with Gasteiger partial charge in [0.05, 0.1) is 18.0 Å². The van der Waals surface area contributed by atoms with E-state index in [2.05, 4.69) is 6.58 Å². The van der Waals surface area contributed by atoms with Crippen LogP contribution < -0.4 is 9.64 Å². The molecule has 0 N–H and O–H groups in total. The maximum Gasteiger partial charge on any atom is 0.303 e. The van der Waals surface area contributed by atoms with Crippen LogP contribution in [0.4, 0.5) is 5.69 Å². The monoisotopic (exact) mass is 426 g/mol. The molecule has 2 aromatic rings. The highest BCUT2D eigenvalue weighted by atomic mass is 32.2. The summed E-state index contributed by atoms with van der Waals surface area (Å²) in [7, 11) is 5.36. The van der Waals surface area contributed by atoms with Crippen LogP contribution in [0.15, 0.2) is 66.1 Å². The average Bonchev–Trinajstić information content (AvgIpc) is 2.84. The summed E-state index contributed by atoms with van der Waals surface area (Å²) in [5, 5.41) is -0.411. The number of thioether (sulfide) groups is 1. The summed E-state index contributed by atoms with van der Waals surface area (Å²) in [5.74, 6) is -0.0745. The summed E-state index contributed by atoms with van der Waals surface area (Å²) in [6.45, 7) is 5.24. The highest BCUT2D eigenvalue weighted by molar-refractivity contribution is 7.99. The van der Waals surface area contributed by atoms with Gasteiger partial charge in [-0.05, 0) is 43.9 Å². The van der Waals surface area contributed by atoms with Crippen molar-refractivity contribution in [1.82, 2.24) is 4.90 Å². The number of likely N-dealkylation sites (N-methyl/N-ethyl adjacent to an activating group) is 1.